The normalized spacial score (nSPS) is 37.2. The van der Waals surface area contributed by atoms with E-state index in [4.69, 9.17) is 4.98 Å². The van der Waals surface area contributed by atoms with Crippen LogP contribution in [0.2, 0.25) is 0 Å². The highest BCUT2D eigenvalue weighted by Gasteiger charge is 2.48. The Morgan fingerprint density at radius 1 is 1.17 bits per heavy atom. The lowest BCUT2D eigenvalue weighted by Gasteiger charge is -2.54. The average molecular weight is 412 g/mol. The summed E-state index contributed by atoms with van der Waals surface area (Å²) >= 11 is 0. The highest BCUT2D eigenvalue weighted by molar-refractivity contribution is 5.95. The summed E-state index contributed by atoms with van der Waals surface area (Å²) in [4.78, 5) is 29.4. The van der Waals surface area contributed by atoms with Crippen molar-refractivity contribution >= 4 is 11.9 Å². The molecular formula is C24H33N3O3. The fraction of sp³-hybridized carbons (Fsp3) is 0.708. The summed E-state index contributed by atoms with van der Waals surface area (Å²) in [5.41, 5.74) is 1.62. The van der Waals surface area contributed by atoms with E-state index in [1.807, 2.05) is 19.1 Å². The monoisotopic (exact) mass is 411 g/mol. The fourth-order valence-corrected chi connectivity index (χ4v) is 7.20. The molecule has 1 atom stereocenters. The standard InChI is InChI=1S/C24H33N3O3/c1-14-19(3-4-20(26-14)24(12-21(28)29)5-2-6-25-13-24)23(30)27-22-17-8-15-7-16(10-17)11-18(22)9-15/h3-4,15-18,22,25H,2,5-13H2,1H3,(H,27,30)(H,28,29)/t15?,16?,17?,18?,22?,24-/m0/s1. The van der Waals surface area contributed by atoms with E-state index in [1.54, 1.807) is 0 Å². The minimum Gasteiger partial charge on any atom is -0.481 e. The number of hydrogen-bond acceptors (Lipinski definition) is 4. The van der Waals surface area contributed by atoms with Crippen molar-refractivity contribution in [3.8, 4) is 0 Å². The van der Waals surface area contributed by atoms with Crippen LogP contribution in [0.4, 0.5) is 0 Å². The third kappa shape index (κ3) is 3.53. The van der Waals surface area contributed by atoms with Crippen LogP contribution >= 0.6 is 0 Å². The second-order valence-electron chi connectivity index (χ2n) is 10.4. The molecule has 6 heteroatoms. The van der Waals surface area contributed by atoms with Gasteiger partial charge < -0.3 is 15.7 Å². The van der Waals surface area contributed by atoms with Crippen LogP contribution in [0.15, 0.2) is 12.1 Å². The Morgan fingerprint density at radius 3 is 2.43 bits per heavy atom. The number of hydrogen-bond donors (Lipinski definition) is 3. The van der Waals surface area contributed by atoms with Crippen LogP contribution < -0.4 is 10.6 Å². The molecule has 4 bridgehead atoms. The van der Waals surface area contributed by atoms with Crippen molar-refractivity contribution in [1.82, 2.24) is 15.6 Å². The maximum Gasteiger partial charge on any atom is 0.304 e. The summed E-state index contributed by atoms with van der Waals surface area (Å²) in [7, 11) is 0. The molecule has 162 valence electrons. The van der Waals surface area contributed by atoms with Crippen molar-refractivity contribution in [3.05, 3.63) is 29.1 Å². The predicted octanol–water partition coefficient (Wildman–Crippen LogP) is 3.04. The molecular weight excluding hydrogens is 378 g/mol. The number of aryl methyl sites for hydroxylation is 1. The van der Waals surface area contributed by atoms with Gasteiger partial charge in [-0.25, -0.2) is 0 Å². The molecule has 2 heterocycles. The molecule has 0 aromatic carbocycles. The number of aliphatic carboxylic acids is 1. The van der Waals surface area contributed by atoms with Gasteiger partial charge in [-0.2, -0.15) is 0 Å². The van der Waals surface area contributed by atoms with E-state index in [1.165, 1.54) is 32.1 Å². The smallest absolute Gasteiger partial charge is 0.304 e. The number of rotatable bonds is 5. The van der Waals surface area contributed by atoms with Gasteiger partial charge in [0.2, 0.25) is 0 Å². The molecule has 1 aromatic heterocycles. The molecule has 1 amide bonds. The van der Waals surface area contributed by atoms with E-state index in [-0.39, 0.29) is 12.3 Å². The third-order valence-electron chi connectivity index (χ3n) is 8.36. The number of carbonyl (C=O) groups excluding carboxylic acids is 1. The second kappa shape index (κ2) is 7.63. The lowest BCUT2D eigenvalue weighted by molar-refractivity contribution is -0.138. The number of aromatic nitrogens is 1. The maximum atomic E-state index is 13.1. The summed E-state index contributed by atoms with van der Waals surface area (Å²) in [6.07, 6.45) is 8.31. The zero-order valence-electron chi connectivity index (χ0n) is 17.8. The van der Waals surface area contributed by atoms with Gasteiger partial charge in [0.1, 0.15) is 0 Å². The number of carboxylic acid groups (broad SMARTS) is 1. The van der Waals surface area contributed by atoms with Gasteiger partial charge in [0, 0.05) is 23.7 Å². The Bertz CT molecular complexity index is 818. The van der Waals surface area contributed by atoms with Crippen LogP contribution in [0.5, 0.6) is 0 Å². The van der Waals surface area contributed by atoms with Gasteiger partial charge in [-0.1, -0.05) is 0 Å². The van der Waals surface area contributed by atoms with Crippen LogP contribution in [0.25, 0.3) is 0 Å². The molecule has 0 spiro atoms. The highest BCUT2D eigenvalue weighted by atomic mass is 16.4. The van der Waals surface area contributed by atoms with Crippen LogP contribution in [-0.4, -0.2) is 41.1 Å². The van der Waals surface area contributed by atoms with Crippen molar-refractivity contribution in [2.45, 2.75) is 69.7 Å². The summed E-state index contributed by atoms with van der Waals surface area (Å²) in [5.74, 6) is 2.24. The van der Waals surface area contributed by atoms with Gasteiger partial charge in [-0.15, -0.1) is 0 Å². The molecule has 6 rings (SSSR count). The predicted molar refractivity (Wildman–Crippen MR) is 113 cm³/mol. The molecule has 1 saturated heterocycles. The molecule has 4 aliphatic carbocycles. The van der Waals surface area contributed by atoms with Crippen LogP contribution in [-0.2, 0) is 10.2 Å². The minimum absolute atomic E-state index is 0.0157. The van der Waals surface area contributed by atoms with Crippen LogP contribution in [0, 0.1) is 30.6 Å². The van der Waals surface area contributed by atoms with Crippen molar-refractivity contribution in [2.75, 3.05) is 13.1 Å². The van der Waals surface area contributed by atoms with Crippen LogP contribution in [0.1, 0.15) is 73.1 Å². The van der Waals surface area contributed by atoms with Crippen molar-refractivity contribution in [2.24, 2.45) is 23.7 Å². The molecule has 0 radical (unpaired) electrons. The molecule has 4 saturated carbocycles. The first-order chi connectivity index (χ1) is 14.4. The SMILES string of the molecule is Cc1nc([C@]2(CC(=O)O)CCCNC2)ccc1C(=O)NC1C2CC3CC(C2)CC1C3. The Kier molecular flexibility index (Phi) is 5.08. The lowest BCUT2D eigenvalue weighted by Crippen LogP contribution is -2.55. The summed E-state index contributed by atoms with van der Waals surface area (Å²) in [6.45, 7) is 3.40. The topological polar surface area (TPSA) is 91.3 Å². The quantitative estimate of drug-likeness (QED) is 0.693. The summed E-state index contributed by atoms with van der Waals surface area (Å²) in [5, 5.41) is 16.2. The second-order valence-corrected chi connectivity index (χ2v) is 10.4. The van der Waals surface area contributed by atoms with E-state index < -0.39 is 11.4 Å². The van der Waals surface area contributed by atoms with Crippen molar-refractivity contribution in [3.63, 3.8) is 0 Å². The zero-order valence-corrected chi connectivity index (χ0v) is 17.8. The largest absolute Gasteiger partial charge is 0.481 e. The number of carbonyl (C=O) groups is 2. The highest BCUT2D eigenvalue weighted by Crippen LogP contribution is 2.53. The number of carboxylic acids is 1. The van der Waals surface area contributed by atoms with E-state index in [0.717, 1.165) is 36.9 Å². The van der Waals surface area contributed by atoms with Gasteiger partial charge in [-0.05, 0) is 94.2 Å². The van der Waals surface area contributed by atoms with Gasteiger partial charge in [0.15, 0.2) is 0 Å². The van der Waals surface area contributed by atoms with E-state index in [0.29, 0.717) is 35.7 Å². The number of pyridine rings is 1. The maximum absolute atomic E-state index is 13.1. The van der Waals surface area contributed by atoms with Crippen LogP contribution in [0.3, 0.4) is 0 Å². The molecule has 1 aliphatic heterocycles. The van der Waals surface area contributed by atoms with Gasteiger partial charge in [0.05, 0.1) is 17.7 Å². The molecule has 5 aliphatic rings. The van der Waals surface area contributed by atoms with Gasteiger partial charge in [-0.3, -0.25) is 14.6 Å². The average Bonchev–Trinajstić information content (AvgIpc) is 2.70. The van der Waals surface area contributed by atoms with Gasteiger partial charge >= 0.3 is 5.97 Å². The number of piperidine rings is 1. The first kappa shape index (κ1) is 20.0. The fourth-order valence-electron chi connectivity index (χ4n) is 7.20. The first-order valence-electron chi connectivity index (χ1n) is 11.6. The number of nitrogens with one attached hydrogen (secondary N) is 2. The first-order valence-corrected chi connectivity index (χ1v) is 11.6. The van der Waals surface area contributed by atoms with E-state index in [9.17, 15) is 14.7 Å². The van der Waals surface area contributed by atoms with E-state index in [2.05, 4.69) is 10.6 Å². The molecule has 5 fully saturated rings. The van der Waals surface area contributed by atoms with Crippen molar-refractivity contribution in [1.29, 1.82) is 0 Å². The minimum atomic E-state index is -0.804. The number of nitrogens with zero attached hydrogens (tertiary/aromatic N) is 1. The summed E-state index contributed by atoms with van der Waals surface area (Å²) < 4.78 is 0. The molecule has 30 heavy (non-hydrogen) atoms. The third-order valence-corrected chi connectivity index (χ3v) is 8.36. The van der Waals surface area contributed by atoms with Gasteiger partial charge in [0.25, 0.3) is 5.91 Å². The van der Waals surface area contributed by atoms with E-state index >= 15 is 0 Å². The lowest BCUT2D eigenvalue weighted by atomic mass is 9.54. The molecule has 3 N–H and O–H groups in total. The molecule has 1 aromatic rings. The Balaban J connectivity index is 1.34. The Morgan fingerprint density at radius 2 is 1.87 bits per heavy atom. The molecule has 6 nitrogen and oxygen atoms in total. The number of amides is 1. The zero-order chi connectivity index (χ0) is 20.9. The molecule has 0 unspecified atom stereocenters. The van der Waals surface area contributed by atoms with Crippen molar-refractivity contribution < 1.29 is 14.7 Å². The Hall–Kier alpha value is -1.95. The summed E-state index contributed by atoms with van der Waals surface area (Å²) in [6, 6.07) is 4.06. The Labute approximate surface area is 178 Å².